The summed E-state index contributed by atoms with van der Waals surface area (Å²) in [6.45, 7) is 0.383. The molecule has 1 aromatic carbocycles. The van der Waals surface area contributed by atoms with Crippen molar-refractivity contribution in [3.63, 3.8) is 0 Å². The summed E-state index contributed by atoms with van der Waals surface area (Å²) >= 11 is 6.39. The van der Waals surface area contributed by atoms with Gasteiger partial charge in [0.25, 0.3) is 0 Å². The van der Waals surface area contributed by atoms with E-state index >= 15 is 0 Å². The summed E-state index contributed by atoms with van der Waals surface area (Å²) < 4.78 is 29.6. The molecule has 0 atom stereocenters. The molecule has 5 rings (SSSR count). The maximum Gasteiger partial charge on any atom is 0.229 e. The monoisotopic (exact) mass is 505 g/mol. The molecule has 2 N–H and O–H groups in total. The van der Waals surface area contributed by atoms with E-state index in [1.807, 2.05) is 22.9 Å². The Kier molecular flexibility index (Phi) is 4.51. The lowest BCUT2D eigenvalue weighted by Gasteiger charge is -2.06. The Morgan fingerprint density at radius 3 is 2.59 bits per heavy atom. The van der Waals surface area contributed by atoms with E-state index in [4.69, 9.17) is 10.7 Å². The van der Waals surface area contributed by atoms with Crippen molar-refractivity contribution in [2.24, 2.45) is 5.73 Å². The minimum Gasteiger partial charge on any atom is -0.326 e. The van der Waals surface area contributed by atoms with Gasteiger partial charge in [-0.2, -0.15) is 4.52 Å². The average molecular weight is 506 g/mol. The molecular formula is C18H12BrN5O2S3. The number of thiophene rings is 2. The number of hydrogen-bond donors (Lipinski definition) is 1. The predicted molar refractivity (Wildman–Crippen MR) is 117 cm³/mol. The van der Waals surface area contributed by atoms with Crippen molar-refractivity contribution in [2.45, 2.75) is 16.5 Å². The van der Waals surface area contributed by atoms with E-state index in [0.29, 0.717) is 12.2 Å². The Labute approximate surface area is 181 Å². The van der Waals surface area contributed by atoms with Gasteiger partial charge < -0.3 is 5.73 Å². The molecule has 0 radical (unpaired) electrons. The molecule has 4 heterocycles. The first kappa shape index (κ1) is 18.8. The molecule has 0 saturated heterocycles. The normalized spacial score (nSPS) is 12.2. The highest BCUT2D eigenvalue weighted by Crippen LogP contribution is 2.36. The number of hydrogen-bond acceptors (Lipinski definition) is 8. The van der Waals surface area contributed by atoms with Gasteiger partial charge in [0, 0.05) is 21.5 Å². The molecule has 29 heavy (non-hydrogen) atoms. The number of nitrogens with zero attached hydrogens (tertiary/aromatic N) is 4. The Hall–Kier alpha value is -2.18. The van der Waals surface area contributed by atoms with Crippen LogP contribution < -0.4 is 5.73 Å². The molecule has 4 aromatic heterocycles. The average Bonchev–Trinajstić information content (AvgIpc) is 3.45. The highest BCUT2D eigenvalue weighted by molar-refractivity contribution is 9.10. The fourth-order valence-electron chi connectivity index (χ4n) is 3.12. The van der Waals surface area contributed by atoms with E-state index in [2.05, 4.69) is 26.2 Å². The van der Waals surface area contributed by atoms with Crippen molar-refractivity contribution >= 4 is 64.3 Å². The first-order valence-corrected chi connectivity index (χ1v) is 12.4. The van der Waals surface area contributed by atoms with Crippen LogP contribution in [0, 0.1) is 0 Å². The highest BCUT2D eigenvalue weighted by Gasteiger charge is 2.28. The van der Waals surface area contributed by atoms with Gasteiger partial charge in [0.15, 0.2) is 5.65 Å². The minimum atomic E-state index is -3.89. The lowest BCUT2D eigenvalue weighted by Crippen LogP contribution is -2.05. The number of halogens is 1. The van der Waals surface area contributed by atoms with Crippen LogP contribution in [0.3, 0.4) is 0 Å². The van der Waals surface area contributed by atoms with Crippen LogP contribution in [0.2, 0.25) is 0 Å². The smallest absolute Gasteiger partial charge is 0.229 e. The summed E-state index contributed by atoms with van der Waals surface area (Å²) in [4.78, 5) is 5.83. The molecule has 0 bridgehead atoms. The van der Waals surface area contributed by atoms with Gasteiger partial charge in [-0.15, -0.1) is 27.8 Å². The number of fused-ring (bicyclic) bond motifs is 3. The molecule has 0 fully saturated rings. The molecule has 0 unspecified atom stereocenters. The van der Waals surface area contributed by atoms with Crippen molar-refractivity contribution in [3.05, 3.63) is 56.5 Å². The SMILES string of the molecule is NCc1sccc1-c1nc2c(S(=O)(=O)c3ccc(Br)cc3)nnn2c2ccsc12. The van der Waals surface area contributed by atoms with Crippen LogP contribution in [0.25, 0.3) is 27.1 Å². The molecule has 5 aromatic rings. The van der Waals surface area contributed by atoms with Crippen molar-refractivity contribution in [3.8, 4) is 11.3 Å². The van der Waals surface area contributed by atoms with Gasteiger partial charge >= 0.3 is 0 Å². The van der Waals surface area contributed by atoms with Gasteiger partial charge in [-0.05, 0) is 47.2 Å². The fraction of sp³-hybridized carbons (Fsp3) is 0.0556. The molecule has 0 saturated carbocycles. The first-order valence-electron chi connectivity index (χ1n) is 8.41. The quantitative estimate of drug-likeness (QED) is 0.393. The summed E-state index contributed by atoms with van der Waals surface area (Å²) in [5.41, 5.74) is 8.44. The standard InChI is InChI=1S/C18H12BrN5O2S3/c19-10-1-3-11(4-2-10)29(25,26)18-17-21-15(12-5-7-27-14(12)9-20)16-13(6-8-28-16)24(17)23-22-18/h1-8H,9,20H2. The Balaban J connectivity index is 1.82. The number of rotatable bonds is 4. The van der Waals surface area contributed by atoms with E-state index in [0.717, 1.165) is 25.1 Å². The molecule has 7 nitrogen and oxygen atoms in total. The molecule has 0 aliphatic heterocycles. The summed E-state index contributed by atoms with van der Waals surface area (Å²) in [7, 11) is -3.89. The van der Waals surface area contributed by atoms with Gasteiger partial charge in [0.05, 0.1) is 20.8 Å². The molecule has 0 aliphatic carbocycles. The topological polar surface area (TPSA) is 103 Å². The zero-order valence-electron chi connectivity index (χ0n) is 14.6. The lowest BCUT2D eigenvalue weighted by molar-refractivity contribution is 0.592. The number of nitrogens with two attached hydrogens (primary N) is 1. The van der Waals surface area contributed by atoms with E-state index < -0.39 is 9.84 Å². The Morgan fingerprint density at radius 1 is 1.07 bits per heavy atom. The van der Waals surface area contributed by atoms with Crippen LogP contribution in [0.5, 0.6) is 0 Å². The summed E-state index contributed by atoms with van der Waals surface area (Å²) in [6.07, 6.45) is 0. The lowest BCUT2D eigenvalue weighted by atomic mass is 10.1. The maximum atomic E-state index is 13.2. The van der Waals surface area contributed by atoms with Gasteiger partial charge in [-0.3, -0.25) is 0 Å². The molecule has 0 amide bonds. The zero-order chi connectivity index (χ0) is 20.2. The molecular weight excluding hydrogens is 494 g/mol. The second-order valence-electron chi connectivity index (χ2n) is 6.14. The Morgan fingerprint density at radius 2 is 1.83 bits per heavy atom. The number of benzene rings is 1. The van der Waals surface area contributed by atoms with Crippen molar-refractivity contribution in [1.82, 2.24) is 19.8 Å². The van der Waals surface area contributed by atoms with Crippen molar-refractivity contribution in [1.29, 1.82) is 0 Å². The second-order valence-corrected chi connectivity index (χ2v) is 10.8. The molecule has 146 valence electrons. The third kappa shape index (κ3) is 2.92. The van der Waals surface area contributed by atoms with E-state index in [-0.39, 0.29) is 15.6 Å². The van der Waals surface area contributed by atoms with Gasteiger partial charge in [-0.25, -0.2) is 13.4 Å². The predicted octanol–water partition coefficient (Wildman–Crippen LogP) is 4.12. The van der Waals surface area contributed by atoms with Crippen LogP contribution in [0.15, 0.2) is 61.6 Å². The van der Waals surface area contributed by atoms with Crippen LogP contribution in [-0.2, 0) is 16.4 Å². The zero-order valence-corrected chi connectivity index (χ0v) is 18.6. The van der Waals surface area contributed by atoms with Crippen molar-refractivity contribution < 1.29 is 8.42 Å². The summed E-state index contributed by atoms with van der Waals surface area (Å²) in [5.74, 6) is 0. The third-order valence-corrected chi connectivity index (χ3v) is 8.54. The Bertz CT molecular complexity index is 1470. The molecule has 0 aliphatic rings. The van der Waals surface area contributed by atoms with E-state index in [9.17, 15) is 8.42 Å². The maximum absolute atomic E-state index is 13.2. The number of aromatic nitrogens is 4. The summed E-state index contributed by atoms with van der Waals surface area (Å²) in [6, 6.07) is 10.2. The van der Waals surface area contributed by atoms with Gasteiger partial charge in [0.1, 0.15) is 0 Å². The fourth-order valence-corrected chi connectivity index (χ4v) is 6.25. The van der Waals surface area contributed by atoms with Crippen LogP contribution in [0.4, 0.5) is 0 Å². The van der Waals surface area contributed by atoms with Crippen LogP contribution in [-0.4, -0.2) is 28.2 Å². The minimum absolute atomic E-state index is 0.134. The van der Waals surface area contributed by atoms with E-state index in [1.165, 1.54) is 28.0 Å². The second kappa shape index (κ2) is 6.96. The van der Waals surface area contributed by atoms with E-state index in [1.54, 1.807) is 23.5 Å². The van der Waals surface area contributed by atoms with Crippen molar-refractivity contribution in [2.75, 3.05) is 0 Å². The number of sulfone groups is 1. The molecule has 0 spiro atoms. The van der Waals surface area contributed by atoms with Crippen LogP contribution >= 0.6 is 38.6 Å². The first-order chi connectivity index (χ1) is 14.0. The van der Waals surface area contributed by atoms with Gasteiger partial charge in [0.2, 0.25) is 14.9 Å². The largest absolute Gasteiger partial charge is 0.326 e. The summed E-state index contributed by atoms with van der Waals surface area (Å²) in [5, 5.41) is 11.8. The molecule has 11 heteroatoms. The third-order valence-electron chi connectivity index (χ3n) is 4.49. The highest BCUT2D eigenvalue weighted by atomic mass is 79.9. The van der Waals surface area contributed by atoms with Gasteiger partial charge in [-0.1, -0.05) is 21.1 Å². The van der Waals surface area contributed by atoms with Crippen LogP contribution in [0.1, 0.15) is 4.88 Å².